The van der Waals surface area contributed by atoms with E-state index < -0.39 is 23.6 Å². The molecule has 0 aliphatic rings. The Balaban J connectivity index is 0.000000481. The van der Waals surface area contributed by atoms with E-state index in [1.165, 1.54) is 48.5 Å². The van der Waals surface area contributed by atoms with Crippen molar-refractivity contribution >= 4 is 62.4 Å². The summed E-state index contributed by atoms with van der Waals surface area (Å²) in [5.74, 6) is -1.96. The predicted molar refractivity (Wildman–Crippen MR) is 195 cm³/mol. The molecule has 264 valence electrons. The predicted octanol–water partition coefficient (Wildman–Crippen LogP) is 12.2. The highest BCUT2D eigenvalue weighted by Crippen LogP contribution is 2.37. The summed E-state index contributed by atoms with van der Waals surface area (Å²) in [6.07, 6.45) is -0.384. The van der Waals surface area contributed by atoms with Gasteiger partial charge in [0.2, 0.25) is 0 Å². The zero-order valence-electron chi connectivity index (χ0n) is 25.8. The van der Waals surface area contributed by atoms with Gasteiger partial charge in [0.1, 0.15) is 11.5 Å². The fourth-order valence-corrected chi connectivity index (χ4v) is 4.90. The summed E-state index contributed by atoms with van der Waals surface area (Å²) in [6.45, 7) is 19.6. The average Bonchev–Trinajstić information content (AvgIpc) is 3.04. The lowest BCUT2D eigenvalue weighted by Gasteiger charge is -2.13. The van der Waals surface area contributed by atoms with Gasteiger partial charge in [0.15, 0.2) is 34.5 Å². The zero-order valence-corrected chi connectivity index (χ0v) is 28.9. The first-order chi connectivity index (χ1) is 22.9. The van der Waals surface area contributed by atoms with Gasteiger partial charge in [-0.2, -0.15) is 0 Å². The molecule has 0 unspecified atom stereocenters. The summed E-state index contributed by atoms with van der Waals surface area (Å²) in [6, 6.07) is 15.1. The largest absolute Gasteiger partial charge is 0.466 e. The number of benzene rings is 4. The van der Waals surface area contributed by atoms with Gasteiger partial charge in [-0.05, 0) is 84.7 Å². The second kappa shape index (κ2) is 20.7. The van der Waals surface area contributed by atoms with Gasteiger partial charge in [-0.25, -0.2) is 18.5 Å². The SMILES string of the molecule is C.C.[C-]#[N+]c1cc(Cl)cc(Oc2c(Br)ccc(CC(=O)OCC)c2F)c1.[C-]#[N+]c1cc(Cl)cc(Oc2c(C)ccc(CC(=O)OCC)c2F)c1. The number of hydrogen-bond acceptors (Lipinski definition) is 6. The van der Waals surface area contributed by atoms with Crippen LogP contribution in [0.4, 0.5) is 20.2 Å². The van der Waals surface area contributed by atoms with Gasteiger partial charge in [-0.1, -0.05) is 56.3 Å². The highest BCUT2D eigenvalue weighted by atomic mass is 79.9. The summed E-state index contributed by atoms with van der Waals surface area (Å²) in [5, 5.41) is 0.622. The van der Waals surface area contributed by atoms with Crippen molar-refractivity contribution in [3.05, 3.63) is 126 Å². The van der Waals surface area contributed by atoms with E-state index in [1.54, 1.807) is 32.9 Å². The number of rotatable bonds is 10. The molecule has 0 saturated heterocycles. The van der Waals surface area contributed by atoms with E-state index in [0.717, 1.165) is 0 Å². The summed E-state index contributed by atoms with van der Waals surface area (Å²) in [7, 11) is 0. The molecule has 0 aliphatic carbocycles. The molecule has 0 spiro atoms. The fourth-order valence-electron chi connectivity index (χ4n) is 4.07. The van der Waals surface area contributed by atoms with Crippen molar-refractivity contribution in [2.75, 3.05) is 13.2 Å². The molecular formula is C37H35BrCl2F2N2O6. The number of aryl methyl sites for hydroxylation is 1. The average molecular weight is 793 g/mol. The maximum absolute atomic E-state index is 14.7. The highest BCUT2D eigenvalue weighted by molar-refractivity contribution is 9.10. The van der Waals surface area contributed by atoms with Crippen molar-refractivity contribution < 1.29 is 37.3 Å². The molecule has 13 heteroatoms. The monoisotopic (exact) mass is 790 g/mol. The molecule has 0 bridgehead atoms. The lowest BCUT2D eigenvalue weighted by molar-refractivity contribution is -0.143. The molecule has 0 aromatic heterocycles. The summed E-state index contributed by atoms with van der Waals surface area (Å²) >= 11 is 15.1. The van der Waals surface area contributed by atoms with Crippen molar-refractivity contribution in [2.45, 2.75) is 48.5 Å². The third kappa shape index (κ3) is 12.3. The van der Waals surface area contributed by atoms with E-state index in [9.17, 15) is 18.4 Å². The number of esters is 2. The Bertz CT molecular complexity index is 1770. The number of halogens is 5. The highest BCUT2D eigenvalue weighted by Gasteiger charge is 2.19. The molecule has 8 nitrogen and oxygen atoms in total. The Morgan fingerprint density at radius 1 is 0.720 bits per heavy atom. The van der Waals surface area contributed by atoms with Crippen LogP contribution in [0.1, 0.15) is 45.4 Å². The number of hydrogen-bond donors (Lipinski definition) is 0. The number of carbonyl (C=O) groups is 2. The number of ether oxygens (including phenoxy) is 4. The van der Waals surface area contributed by atoms with Crippen molar-refractivity contribution in [1.29, 1.82) is 0 Å². The van der Waals surface area contributed by atoms with Crippen LogP contribution in [-0.2, 0) is 31.9 Å². The quantitative estimate of drug-likeness (QED) is 0.118. The molecule has 50 heavy (non-hydrogen) atoms. The van der Waals surface area contributed by atoms with Gasteiger partial charge in [0, 0.05) is 21.2 Å². The number of carbonyl (C=O) groups excluding carboxylic acids is 2. The minimum atomic E-state index is -0.679. The molecule has 4 aromatic rings. The van der Waals surface area contributed by atoms with E-state index in [1.807, 2.05) is 0 Å². The zero-order chi connectivity index (χ0) is 35.4. The first-order valence-electron chi connectivity index (χ1n) is 14.2. The van der Waals surface area contributed by atoms with Gasteiger partial charge in [-0.3, -0.25) is 9.59 Å². The number of nitrogens with zero attached hydrogens (tertiary/aromatic N) is 2. The molecule has 0 aliphatic heterocycles. The Hall–Kier alpha value is -4.68. The minimum absolute atomic E-state index is 0. The maximum Gasteiger partial charge on any atom is 0.310 e. The van der Waals surface area contributed by atoms with Crippen LogP contribution in [0.25, 0.3) is 9.69 Å². The van der Waals surface area contributed by atoms with E-state index in [2.05, 4.69) is 25.6 Å². The van der Waals surface area contributed by atoms with Crippen LogP contribution < -0.4 is 9.47 Å². The second-order valence-electron chi connectivity index (χ2n) is 9.72. The van der Waals surface area contributed by atoms with Crippen molar-refractivity contribution in [1.82, 2.24) is 0 Å². The molecule has 0 amide bonds. The molecule has 0 radical (unpaired) electrons. The van der Waals surface area contributed by atoms with Gasteiger partial charge in [-0.15, -0.1) is 0 Å². The molecule has 0 atom stereocenters. The molecule has 0 N–H and O–H groups in total. The standard InChI is InChI=1S/C18H15ClFNO3.C17H12BrClFNO3.2CH4/c1-4-23-16(22)7-12-6-5-11(2)18(17(12)20)24-15-9-13(19)8-14(10-15)21-3;1-3-23-15(22)6-10-4-5-14(18)17(16(10)20)24-13-8-11(19)7-12(9-13)21-2;;/h5-6,8-10H,4,7H2,1-2H3;4-5,7-9H,3,6H2,1H3;2*1H4. The van der Waals surface area contributed by atoms with E-state index in [0.29, 0.717) is 25.8 Å². The lowest BCUT2D eigenvalue weighted by atomic mass is 10.1. The summed E-state index contributed by atoms with van der Waals surface area (Å²) in [4.78, 5) is 29.7. The molecule has 4 aromatic carbocycles. The first kappa shape index (κ1) is 43.3. The van der Waals surface area contributed by atoms with E-state index >= 15 is 0 Å². The Kier molecular flexibility index (Phi) is 18.0. The van der Waals surface area contributed by atoms with E-state index in [-0.39, 0.29) is 80.7 Å². The molecule has 0 saturated carbocycles. The third-order valence-corrected chi connectivity index (χ3v) is 7.25. The molecule has 4 rings (SSSR count). The lowest BCUT2D eigenvalue weighted by Crippen LogP contribution is -2.09. The van der Waals surface area contributed by atoms with Gasteiger partial charge in [0.25, 0.3) is 0 Å². The Labute approximate surface area is 309 Å². The minimum Gasteiger partial charge on any atom is -0.466 e. The van der Waals surface area contributed by atoms with E-state index in [4.69, 9.17) is 55.3 Å². The van der Waals surface area contributed by atoms with Crippen LogP contribution >= 0.6 is 39.1 Å². The van der Waals surface area contributed by atoms with Crippen LogP contribution in [0.2, 0.25) is 10.0 Å². The van der Waals surface area contributed by atoms with Crippen LogP contribution in [0.5, 0.6) is 23.0 Å². The second-order valence-corrected chi connectivity index (χ2v) is 11.4. The molecule has 0 fully saturated rings. The topological polar surface area (TPSA) is 79.8 Å². The normalized spacial score (nSPS) is 9.72. The first-order valence-corrected chi connectivity index (χ1v) is 15.7. The van der Waals surface area contributed by atoms with Gasteiger partial charge < -0.3 is 18.9 Å². The van der Waals surface area contributed by atoms with Crippen LogP contribution in [0.3, 0.4) is 0 Å². The van der Waals surface area contributed by atoms with Crippen LogP contribution in [0.15, 0.2) is 65.1 Å². The smallest absolute Gasteiger partial charge is 0.310 e. The summed E-state index contributed by atoms with van der Waals surface area (Å²) < 4.78 is 50.5. The molecule has 0 heterocycles. The summed E-state index contributed by atoms with van der Waals surface area (Å²) in [5.41, 5.74) is 1.46. The van der Waals surface area contributed by atoms with Gasteiger partial charge >= 0.3 is 11.9 Å². The van der Waals surface area contributed by atoms with Crippen LogP contribution in [-0.4, -0.2) is 25.2 Å². The van der Waals surface area contributed by atoms with Crippen molar-refractivity contribution in [3.8, 4) is 23.0 Å². The fraction of sp³-hybridized carbons (Fsp3) is 0.243. The van der Waals surface area contributed by atoms with Crippen LogP contribution in [0, 0.1) is 31.7 Å². The maximum atomic E-state index is 14.7. The van der Waals surface area contributed by atoms with Crippen molar-refractivity contribution in [2.24, 2.45) is 0 Å². The Morgan fingerprint density at radius 3 is 1.58 bits per heavy atom. The third-order valence-electron chi connectivity index (χ3n) is 6.19. The molecular weight excluding hydrogens is 757 g/mol. The van der Waals surface area contributed by atoms with Crippen molar-refractivity contribution in [3.63, 3.8) is 0 Å². The Morgan fingerprint density at radius 2 is 1.14 bits per heavy atom. The van der Waals surface area contributed by atoms with Gasteiger partial charge in [0.05, 0.1) is 43.7 Å².